The van der Waals surface area contributed by atoms with Crippen LogP contribution in [-0.4, -0.2) is 92.8 Å². The molecule has 3 unspecified atom stereocenters. The van der Waals surface area contributed by atoms with E-state index in [0.717, 1.165) is 122 Å². The lowest BCUT2D eigenvalue weighted by Gasteiger charge is -2.19. The van der Waals surface area contributed by atoms with Crippen molar-refractivity contribution in [2.75, 3.05) is 39.3 Å². The number of hydrogen-bond acceptors (Lipinski definition) is 10. The predicted molar refractivity (Wildman–Crippen MR) is 250 cm³/mol. The van der Waals surface area contributed by atoms with Crippen molar-refractivity contribution in [3.8, 4) is 0 Å². The van der Waals surface area contributed by atoms with Gasteiger partial charge in [-0.3, -0.25) is 28.8 Å². The Morgan fingerprint density at radius 3 is 0.903 bits per heavy atom. The fourth-order valence-electron chi connectivity index (χ4n) is 7.32. The van der Waals surface area contributed by atoms with E-state index in [0.29, 0.717) is 84.1 Å². The van der Waals surface area contributed by atoms with E-state index in [2.05, 4.69) is 26.6 Å². The van der Waals surface area contributed by atoms with Crippen molar-refractivity contribution in [1.82, 2.24) is 26.6 Å². The van der Waals surface area contributed by atoms with Gasteiger partial charge < -0.3 is 55.3 Å². The maximum Gasteiger partial charge on any atom is 0.242 e. The molecule has 0 bridgehead atoms. The summed E-state index contributed by atoms with van der Waals surface area (Å²) in [7, 11) is 0. The highest BCUT2D eigenvalue weighted by molar-refractivity contribution is 5.88. The molecule has 0 saturated heterocycles. The zero-order valence-electron chi connectivity index (χ0n) is 38.7. The third kappa shape index (κ3) is 36.2. The number of rotatable bonds is 45. The number of amides is 6. The summed E-state index contributed by atoms with van der Waals surface area (Å²) in [5.74, 6) is -1.24. The maximum atomic E-state index is 13.0. The van der Waals surface area contributed by atoms with Crippen LogP contribution in [-0.2, 0) is 28.8 Å². The second-order valence-electron chi connectivity index (χ2n) is 17.0. The van der Waals surface area contributed by atoms with Gasteiger partial charge in [0.2, 0.25) is 35.4 Å². The summed E-state index contributed by atoms with van der Waals surface area (Å²) >= 11 is 0. The largest absolute Gasteiger partial charge is 0.368 e. The average molecular weight is 881 g/mol. The molecule has 0 saturated carbocycles. The maximum absolute atomic E-state index is 13.0. The SMILES string of the molecule is NCCCCCCCCCCCC(=O)NC(CCCCN)C(=O)NCCCCCCCC(=O)NC(CCCCN)C(=O)NCCCCCCCC(=O)NC(CCCCN)C(N)=O. The zero-order chi connectivity index (χ0) is 45.9. The van der Waals surface area contributed by atoms with Crippen LogP contribution in [0, 0.1) is 0 Å². The molecule has 16 heteroatoms. The van der Waals surface area contributed by atoms with Crippen LogP contribution in [0.2, 0.25) is 0 Å². The minimum absolute atomic E-state index is 0.0702. The van der Waals surface area contributed by atoms with Crippen LogP contribution < -0.4 is 55.3 Å². The van der Waals surface area contributed by atoms with Crippen LogP contribution in [0.5, 0.6) is 0 Å². The molecular weight excluding hydrogens is 789 g/mol. The highest BCUT2D eigenvalue weighted by Crippen LogP contribution is 2.12. The molecular formula is C46H92N10O6. The van der Waals surface area contributed by atoms with Crippen LogP contribution >= 0.6 is 0 Å². The van der Waals surface area contributed by atoms with Gasteiger partial charge in [-0.2, -0.15) is 0 Å². The predicted octanol–water partition coefficient (Wildman–Crippen LogP) is 4.09. The number of nitrogens with two attached hydrogens (primary N) is 5. The fraction of sp³-hybridized carbons (Fsp3) is 0.870. The molecule has 0 aliphatic heterocycles. The number of nitrogens with one attached hydrogen (secondary N) is 5. The first-order valence-electron chi connectivity index (χ1n) is 24.6. The topological polar surface area (TPSA) is 293 Å². The van der Waals surface area contributed by atoms with Crippen LogP contribution in [0.3, 0.4) is 0 Å². The van der Waals surface area contributed by atoms with Gasteiger partial charge >= 0.3 is 0 Å². The fourth-order valence-corrected chi connectivity index (χ4v) is 7.32. The van der Waals surface area contributed by atoms with E-state index >= 15 is 0 Å². The molecule has 362 valence electrons. The van der Waals surface area contributed by atoms with Gasteiger partial charge in [-0.1, -0.05) is 83.5 Å². The lowest BCUT2D eigenvalue weighted by molar-refractivity contribution is -0.129. The molecule has 0 aromatic heterocycles. The van der Waals surface area contributed by atoms with Crippen molar-refractivity contribution in [3.05, 3.63) is 0 Å². The zero-order valence-corrected chi connectivity index (χ0v) is 38.7. The quantitative estimate of drug-likeness (QED) is 0.0391. The Balaban J connectivity index is 4.33. The number of carbonyl (C=O) groups excluding carboxylic acids is 6. The Morgan fingerprint density at radius 1 is 0.323 bits per heavy atom. The number of primary amides is 1. The van der Waals surface area contributed by atoms with E-state index in [-0.39, 0.29) is 29.5 Å². The summed E-state index contributed by atoms with van der Waals surface area (Å²) in [6.45, 7) is 3.42. The molecule has 0 fully saturated rings. The second-order valence-corrected chi connectivity index (χ2v) is 17.0. The first kappa shape index (κ1) is 58.7. The summed E-state index contributed by atoms with van der Waals surface area (Å²) < 4.78 is 0. The minimum atomic E-state index is -0.660. The highest BCUT2D eigenvalue weighted by Gasteiger charge is 2.21. The van der Waals surface area contributed by atoms with E-state index in [4.69, 9.17) is 28.7 Å². The number of hydrogen-bond donors (Lipinski definition) is 10. The van der Waals surface area contributed by atoms with Gasteiger partial charge in [0, 0.05) is 32.4 Å². The second kappa shape index (κ2) is 42.9. The van der Waals surface area contributed by atoms with Crippen LogP contribution in [0.25, 0.3) is 0 Å². The molecule has 62 heavy (non-hydrogen) atoms. The molecule has 0 spiro atoms. The molecule has 15 N–H and O–H groups in total. The van der Waals surface area contributed by atoms with Crippen molar-refractivity contribution in [1.29, 1.82) is 0 Å². The molecule has 0 heterocycles. The molecule has 16 nitrogen and oxygen atoms in total. The van der Waals surface area contributed by atoms with Crippen molar-refractivity contribution >= 4 is 35.4 Å². The molecule has 6 amide bonds. The Bertz CT molecular complexity index is 1160. The smallest absolute Gasteiger partial charge is 0.242 e. The summed E-state index contributed by atoms with van der Waals surface area (Å²) in [6, 6.07) is -1.81. The molecule has 0 radical (unpaired) electrons. The third-order valence-corrected chi connectivity index (χ3v) is 11.2. The van der Waals surface area contributed by atoms with Crippen LogP contribution in [0.1, 0.15) is 199 Å². The Labute approximate surface area is 375 Å². The molecule has 3 atom stereocenters. The van der Waals surface area contributed by atoms with Gasteiger partial charge in [0.05, 0.1) is 0 Å². The van der Waals surface area contributed by atoms with Crippen molar-refractivity contribution in [3.63, 3.8) is 0 Å². The van der Waals surface area contributed by atoms with E-state index in [1.165, 1.54) is 32.1 Å². The van der Waals surface area contributed by atoms with Gasteiger partial charge in [-0.15, -0.1) is 0 Å². The lowest BCUT2D eigenvalue weighted by Crippen LogP contribution is -2.47. The molecule has 0 aromatic carbocycles. The monoisotopic (exact) mass is 881 g/mol. The van der Waals surface area contributed by atoms with Crippen molar-refractivity contribution < 1.29 is 28.8 Å². The van der Waals surface area contributed by atoms with Gasteiger partial charge in [-0.05, 0) is 122 Å². The van der Waals surface area contributed by atoms with E-state index < -0.39 is 24.0 Å². The van der Waals surface area contributed by atoms with E-state index in [1.807, 2.05) is 0 Å². The third-order valence-electron chi connectivity index (χ3n) is 11.2. The van der Waals surface area contributed by atoms with Gasteiger partial charge in [0.25, 0.3) is 0 Å². The van der Waals surface area contributed by atoms with E-state index in [1.54, 1.807) is 0 Å². The number of unbranched alkanes of at least 4 members (excludes halogenated alkanes) is 19. The van der Waals surface area contributed by atoms with E-state index in [9.17, 15) is 28.8 Å². The van der Waals surface area contributed by atoms with Crippen molar-refractivity contribution in [2.45, 2.75) is 217 Å². The van der Waals surface area contributed by atoms with Gasteiger partial charge in [-0.25, -0.2) is 0 Å². The first-order valence-corrected chi connectivity index (χ1v) is 24.6. The molecule has 0 aromatic rings. The van der Waals surface area contributed by atoms with Crippen LogP contribution in [0.15, 0.2) is 0 Å². The van der Waals surface area contributed by atoms with Gasteiger partial charge in [0.15, 0.2) is 0 Å². The number of carbonyl (C=O) groups is 6. The Kier molecular flexibility index (Phi) is 40.6. The van der Waals surface area contributed by atoms with Crippen molar-refractivity contribution in [2.24, 2.45) is 28.7 Å². The standard InChI is InChI=1S/C46H92N10O6/c47-32-20-11-5-3-1-2-4-8-14-30-42(58)55-39(27-18-22-34-49)45(61)53-37-25-13-7-10-16-31-43(59)56-40(28-19-23-35-50)46(62)52-36-24-12-6-9-15-29-41(57)54-38(44(51)60)26-17-21-33-48/h38-40H,1-37,47-50H2,(H2,51,60)(H,52,62)(H,53,61)(H,54,57)(H,55,58)(H,56,59). The van der Waals surface area contributed by atoms with Crippen LogP contribution in [0.4, 0.5) is 0 Å². The van der Waals surface area contributed by atoms with Gasteiger partial charge in [0.1, 0.15) is 18.1 Å². The Hall–Kier alpha value is -3.34. The average Bonchev–Trinajstić information content (AvgIpc) is 3.25. The molecule has 0 rings (SSSR count). The summed E-state index contributed by atoms with van der Waals surface area (Å²) in [6.07, 6.45) is 25.9. The summed E-state index contributed by atoms with van der Waals surface area (Å²) in [4.78, 5) is 75.3. The minimum Gasteiger partial charge on any atom is -0.368 e. The first-order chi connectivity index (χ1) is 30.1. The summed E-state index contributed by atoms with van der Waals surface area (Å²) in [5, 5.41) is 14.6. The lowest BCUT2D eigenvalue weighted by atomic mass is 10.1. The molecule has 0 aliphatic carbocycles. The highest BCUT2D eigenvalue weighted by atomic mass is 16.2. The summed E-state index contributed by atoms with van der Waals surface area (Å²) in [5.41, 5.74) is 27.8. The normalized spacial score (nSPS) is 12.6. The Morgan fingerprint density at radius 2 is 0.581 bits per heavy atom. The molecule has 0 aliphatic rings.